The maximum Gasteiger partial charge on any atom is 0.373 e. The SMILES string of the molecule is COC(=O)c1ccccc1S(=O)(=O)NC(=O)Nc1nc(OC)nc(OC)c1[N+](=O)[O-]. The topological polar surface area (TPSA) is 189 Å². The second kappa shape index (κ2) is 8.99. The van der Waals surface area contributed by atoms with E-state index >= 15 is 0 Å². The molecule has 2 rings (SSSR count). The molecule has 2 N–H and O–H groups in total. The summed E-state index contributed by atoms with van der Waals surface area (Å²) in [5.74, 6) is -2.16. The van der Waals surface area contributed by atoms with E-state index in [9.17, 15) is 28.1 Å². The summed E-state index contributed by atoms with van der Waals surface area (Å²) >= 11 is 0. The zero-order chi connectivity index (χ0) is 22.5. The third-order valence-electron chi connectivity index (χ3n) is 3.43. The van der Waals surface area contributed by atoms with Gasteiger partial charge in [-0.25, -0.2) is 22.7 Å². The Kier molecular flexibility index (Phi) is 6.68. The number of hydrogen-bond acceptors (Lipinski definition) is 11. The summed E-state index contributed by atoms with van der Waals surface area (Å²) in [6.45, 7) is 0. The van der Waals surface area contributed by atoms with Crippen LogP contribution in [0.2, 0.25) is 0 Å². The molecule has 0 radical (unpaired) electrons. The number of amides is 2. The van der Waals surface area contributed by atoms with E-state index < -0.39 is 49.2 Å². The minimum absolute atomic E-state index is 0.323. The molecule has 0 aliphatic rings. The molecule has 1 heterocycles. The number of hydrogen-bond donors (Lipinski definition) is 2. The summed E-state index contributed by atoms with van der Waals surface area (Å²) in [4.78, 5) is 41.1. The lowest BCUT2D eigenvalue weighted by atomic mass is 10.2. The Bertz CT molecular complexity index is 1100. The van der Waals surface area contributed by atoms with Crippen LogP contribution in [0.3, 0.4) is 0 Å². The van der Waals surface area contributed by atoms with E-state index in [1.54, 1.807) is 4.72 Å². The van der Waals surface area contributed by atoms with Gasteiger partial charge < -0.3 is 14.2 Å². The highest BCUT2D eigenvalue weighted by Gasteiger charge is 2.30. The van der Waals surface area contributed by atoms with Crippen molar-refractivity contribution < 1.29 is 37.1 Å². The standard InChI is InChI=1S/C15H15N5O9S/c1-27-12-10(20(23)24)11(17-15(18-12)29-3)16-14(22)19-30(25,26)9-7-5-4-6-8(9)13(21)28-2/h4-7H,1-3H3,(H2,16,17,18,19,22). The lowest BCUT2D eigenvalue weighted by molar-refractivity contribution is -0.385. The van der Waals surface area contributed by atoms with E-state index in [1.807, 2.05) is 5.32 Å². The number of benzene rings is 1. The van der Waals surface area contributed by atoms with Gasteiger partial charge in [-0.05, 0) is 12.1 Å². The van der Waals surface area contributed by atoms with E-state index in [2.05, 4.69) is 14.7 Å². The molecule has 15 heteroatoms. The minimum atomic E-state index is -4.57. The molecule has 0 atom stereocenters. The summed E-state index contributed by atoms with van der Waals surface area (Å²) in [5.41, 5.74) is -1.16. The largest absolute Gasteiger partial charge is 0.476 e. The highest BCUT2D eigenvalue weighted by Crippen LogP contribution is 2.33. The first kappa shape index (κ1) is 22.3. The molecule has 2 aromatic rings. The van der Waals surface area contributed by atoms with Crippen LogP contribution in [0.1, 0.15) is 10.4 Å². The van der Waals surface area contributed by atoms with Gasteiger partial charge in [0.15, 0.2) is 0 Å². The van der Waals surface area contributed by atoms with Gasteiger partial charge in [-0.15, -0.1) is 0 Å². The number of nitrogens with zero attached hydrogens (tertiary/aromatic N) is 3. The summed E-state index contributed by atoms with van der Waals surface area (Å²) in [6.07, 6.45) is 0. The second-order valence-electron chi connectivity index (χ2n) is 5.22. The molecular weight excluding hydrogens is 426 g/mol. The van der Waals surface area contributed by atoms with Gasteiger partial charge in [-0.1, -0.05) is 12.1 Å². The Morgan fingerprint density at radius 3 is 2.33 bits per heavy atom. The van der Waals surface area contributed by atoms with E-state index in [1.165, 1.54) is 25.3 Å². The van der Waals surface area contributed by atoms with Gasteiger partial charge in [0.25, 0.3) is 10.0 Å². The number of urea groups is 1. The molecule has 30 heavy (non-hydrogen) atoms. The number of carbonyl (C=O) groups is 2. The van der Waals surface area contributed by atoms with Crippen molar-refractivity contribution in [2.45, 2.75) is 4.90 Å². The molecule has 0 fully saturated rings. The van der Waals surface area contributed by atoms with Gasteiger partial charge in [0, 0.05) is 0 Å². The third-order valence-corrected chi connectivity index (χ3v) is 4.82. The van der Waals surface area contributed by atoms with Gasteiger partial charge in [-0.2, -0.15) is 9.97 Å². The van der Waals surface area contributed by atoms with Crippen molar-refractivity contribution in [3.63, 3.8) is 0 Å². The fourth-order valence-electron chi connectivity index (χ4n) is 2.19. The molecule has 0 aliphatic heterocycles. The molecule has 1 aromatic carbocycles. The van der Waals surface area contributed by atoms with E-state index in [0.717, 1.165) is 20.3 Å². The Morgan fingerprint density at radius 2 is 1.77 bits per heavy atom. The Balaban J connectivity index is 2.39. The zero-order valence-corrected chi connectivity index (χ0v) is 16.6. The Morgan fingerprint density at radius 1 is 1.10 bits per heavy atom. The molecule has 0 bridgehead atoms. The van der Waals surface area contributed by atoms with Crippen LogP contribution in [-0.2, 0) is 14.8 Å². The molecule has 0 unspecified atom stereocenters. The number of nitro groups is 1. The molecule has 1 aromatic heterocycles. The molecule has 0 aliphatic carbocycles. The van der Waals surface area contributed by atoms with Crippen LogP contribution in [0.4, 0.5) is 16.3 Å². The van der Waals surface area contributed by atoms with Gasteiger partial charge >= 0.3 is 29.6 Å². The van der Waals surface area contributed by atoms with Crippen LogP contribution >= 0.6 is 0 Å². The van der Waals surface area contributed by atoms with Crippen molar-refractivity contribution in [1.82, 2.24) is 14.7 Å². The maximum atomic E-state index is 12.5. The highest BCUT2D eigenvalue weighted by atomic mass is 32.2. The van der Waals surface area contributed by atoms with E-state index in [0.29, 0.717) is 0 Å². The van der Waals surface area contributed by atoms with Crippen molar-refractivity contribution in [2.24, 2.45) is 0 Å². The molecular formula is C15H15N5O9S. The average Bonchev–Trinajstić information content (AvgIpc) is 2.71. The lowest BCUT2D eigenvalue weighted by Gasteiger charge is -2.12. The number of rotatable bonds is 7. The van der Waals surface area contributed by atoms with Gasteiger partial charge in [0.05, 0.1) is 31.8 Å². The van der Waals surface area contributed by atoms with Crippen molar-refractivity contribution >= 4 is 33.5 Å². The number of ether oxygens (including phenoxy) is 3. The Hall–Kier alpha value is -4.01. The maximum absolute atomic E-state index is 12.5. The first-order valence-electron chi connectivity index (χ1n) is 7.80. The summed E-state index contributed by atoms with van der Waals surface area (Å²) in [5, 5.41) is 13.2. The van der Waals surface area contributed by atoms with Crippen molar-refractivity contribution in [3.8, 4) is 11.9 Å². The van der Waals surface area contributed by atoms with Crippen molar-refractivity contribution in [1.29, 1.82) is 0 Å². The van der Waals surface area contributed by atoms with Crippen LogP contribution in [0.25, 0.3) is 0 Å². The second-order valence-corrected chi connectivity index (χ2v) is 6.87. The number of esters is 1. The molecule has 0 spiro atoms. The van der Waals surface area contributed by atoms with Crippen LogP contribution in [0.5, 0.6) is 11.9 Å². The summed E-state index contributed by atoms with van der Waals surface area (Å²) in [6, 6.07) is 3.19. The number of anilines is 1. The Labute approximate surface area is 169 Å². The zero-order valence-electron chi connectivity index (χ0n) is 15.7. The van der Waals surface area contributed by atoms with Gasteiger partial charge in [0.2, 0.25) is 5.82 Å². The lowest BCUT2D eigenvalue weighted by Crippen LogP contribution is -2.35. The van der Waals surface area contributed by atoms with Crippen molar-refractivity contribution in [2.75, 3.05) is 26.6 Å². The first-order chi connectivity index (χ1) is 14.1. The van der Waals surface area contributed by atoms with Crippen LogP contribution in [-0.4, -0.2) is 56.6 Å². The van der Waals surface area contributed by atoms with Crippen LogP contribution < -0.4 is 19.5 Å². The van der Waals surface area contributed by atoms with Crippen LogP contribution in [0, 0.1) is 10.1 Å². The van der Waals surface area contributed by atoms with E-state index in [-0.39, 0.29) is 11.6 Å². The molecule has 14 nitrogen and oxygen atoms in total. The quantitative estimate of drug-likeness (QED) is 0.349. The average molecular weight is 441 g/mol. The summed E-state index contributed by atoms with van der Waals surface area (Å²) < 4.78 is 40.8. The smallest absolute Gasteiger partial charge is 0.373 e. The molecule has 160 valence electrons. The number of nitrogens with one attached hydrogen (secondary N) is 2. The van der Waals surface area contributed by atoms with Crippen molar-refractivity contribution in [3.05, 3.63) is 39.9 Å². The number of aromatic nitrogens is 2. The molecule has 0 saturated heterocycles. The molecule has 0 saturated carbocycles. The highest BCUT2D eigenvalue weighted by molar-refractivity contribution is 7.90. The number of methoxy groups -OCH3 is 3. The van der Waals surface area contributed by atoms with E-state index in [4.69, 9.17) is 9.47 Å². The fraction of sp³-hybridized carbons (Fsp3) is 0.200. The van der Waals surface area contributed by atoms with Gasteiger partial charge in [0.1, 0.15) is 4.90 Å². The third kappa shape index (κ3) is 4.69. The molecule has 2 amide bonds. The first-order valence-corrected chi connectivity index (χ1v) is 9.28. The normalized spacial score (nSPS) is 10.6. The number of carbonyl (C=O) groups excluding carboxylic acids is 2. The predicted molar refractivity (Wildman–Crippen MR) is 98.9 cm³/mol. The number of sulfonamides is 1. The van der Waals surface area contributed by atoms with Crippen LogP contribution in [0.15, 0.2) is 29.2 Å². The minimum Gasteiger partial charge on any atom is -0.476 e. The summed E-state index contributed by atoms with van der Waals surface area (Å²) in [7, 11) is -1.26. The predicted octanol–water partition coefficient (Wildman–Crippen LogP) is 0.699. The monoisotopic (exact) mass is 441 g/mol. The van der Waals surface area contributed by atoms with Gasteiger partial charge in [-0.3, -0.25) is 15.4 Å². The fourth-order valence-corrected chi connectivity index (χ4v) is 3.29.